The molecule has 0 spiro atoms. The fourth-order valence-corrected chi connectivity index (χ4v) is 4.19. The minimum absolute atomic E-state index is 0.0239. The molecule has 0 radical (unpaired) electrons. The van der Waals surface area contributed by atoms with Crippen LogP contribution in [-0.4, -0.2) is 66.4 Å². The first-order valence-electron chi connectivity index (χ1n) is 10.2. The van der Waals surface area contributed by atoms with E-state index in [0.29, 0.717) is 12.4 Å². The Kier molecular flexibility index (Phi) is 6.60. The Morgan fingerprint density at radius 1 is 1.12 bits per heavy atom. The van der Waals surface area contributed by atoms with Crippen molar-refractivity contribution >= 4 is 11.8 Å². The van der Waals surface area contributed by atoms with Gasteiger partial charge in [0.1, 0.15) is 5.92 Å². The van der Waals surface area contributed by atoms with Crippen LogP contribution in [-0.2, 0) is 0 Å². The maximum absolute atomic E-state index is 14.3. The fraction of sp³-hybridized carbons (Fsp3) is 0.391. The Morgan fingerprint density at radius 2 is 1.76 bits per heavy atom. The van der Waals surface area contributed by atoms with E-state index in [0.717, 1.165) is 11.9 Å². The number of rotatable bonds is 6. The van der Waals surface area contributed by atoms with Crippen molar-refractivity contribution in [3.8, 4) is 11.5 Å². The van der Waals surface area contributed by atoms with E-state index in [2.05, 4.69) is 0 Å². The standard InChI is InChI=1S/C23H25F3N2O5/c1-5-33-16-12-11-15(13-17(16)32-4)19-18(20(29)14-9-7-6-8-10-14)22(31,23(24,25)26)28(3)21(30)27(19)2/h6-13,18-19,31H,5H2,1-4H3. The molecule has 3 rings (SSSR count). The maximum atomic E-state index is 14.3. The van der Waals surface area contributed by atoms with Crippen LogP contribution < -0.4 is 9.47 Å². The zero-order chi connectivity index (χ0) is 24.6. The number of alkyl halides is 3. The molecule has 2 aromatic carbocycles. The van der Waals surface area contributed by atoms with Gasteiger partial charge in [0.05, 0.1) is 19.8 Å². The van der Waals surface area contributed by atoms with Gasteiger partial charge in [0, 0.05) is 19.7 Å². The number of methoxy groups -OCH3 is 1. The summed E-state index contributed by atoms with van der Waals surface area (Å²) in [6.45, 7) is 2.08. The molecular weight excluding hydrogens is 441 g/mol. The molecule has 1 saturated heterocycles. The van der Waals surface area contributed by atoms with Crippen LogP contribution in [0.5, 0.6) is 11.5 Å². The number of ketones is 1. The van der Waals surface area contributed by atoms with Crippen LogP contribution >= 0.6 is 0 Å². The lowest BCUT2D eigenvalue weighted by molar-refractivity contribution is -0.328. The number of hydrogen-bond acceptors (Lipinski definition) is 5. The van der Waals surface area contributed by atoms with Crippen molar-refractivity contribution in [1.82, 2.24) is 9.80 Å². The number of ether oxygens (including phenoxy) is 2. The Labute approximate surface area is 189 Å². The lowest BCUT2D eigenvalue weighted by Crippen LogP contribution is -2.73. The number of Topliss-reactive ketones (excluding diaryl/α,β-unsaturated/α-hetero) is 1. The number of halogens is 3. The molecular formula is C23H25F3N2O5. The van der Waals surface area contributed by atoms with Crippen LogP contribution in [0.1, 0.15) is 28.9 Å². The molecule has 0 bridgehead atoms. The van der Waals surface area contributed by atoms with E-state index >= 15 is 0 Å². The zero-order valence-corrected chi connectivity index (χ0v) is 18.6. The van der Waals surface area contributed by atoms with Gasteiger partial charge in [-0.2, -0.15) is 13.2 Å². The summed E-state index contributed by atoms with van der Waals surface area (Å²) in [5, 5.41) is 11.0. The quantitative estimate of drug-likeness (QED) is 0.654. The molecule has 1 aliphatic rings. The number of carbonyl (C=O) groups excluding carboxylic acids is 2. The van der Waals surface area contributed by atoms with Crippen molar-refractivity contribution in [2.24, 2.45) is 5.92 Å². The molecule has 7 nitrogen and oxygen atoms in total. The molecule has 2 aromatic rings. The summed E-state index contributed by atoms with van der Waals surface area (Å²) >= 11 is 0. The normalized spacial score (nSPS) is 23.5. The van der Waals surface area contributed by atoms with Gasteiger partial charge in [0.2, 0.25) is 0 Å². The van der Waals surface area contributed by atoms with E-state index in [-0.39, 0.29) is 21.8 Å². The smallest absolute Gasteiger partial charge is 0.437 e. The lowest BCUT2D eigenvalue weighted by Gasteiger charge is -2.53. The Balaban J connectivity index is 2.26. The van der Waals surface area contributed by atoms with E-state index in [1.807, 2.05) is 0 Å². The van der Waals surface area contributed by atoms with Crippen molar-refractivity contribution in [3.05, 3.63) is 59.7 Å². The first kappa shape index (κ1) is 24.4. The van der Waals surface area contributed by atoms with Crippen molar-refractivity contribution < 1.29 is 37.3 Å². The molecule has 33 heavy (non-hydrogen) atoms. The number of nitrogens with zero attached hydrogens (tertiary/aromatic N) is 2. The lowest BCUT2D eigenvalue weighted by atomic mass is 9.75. The molecule has 1 heterocycles. The maximum Gasteiger partial charge on any atom is 0.437 e. The molecule has 0 aliphatic carbocycles. The summed E-state index contributed by atoms with van der Waals surface area (Å²) in [5.74, 6) is -2.48. The van der Waals surface area contributed by atoms with Gasteiger partial charge in [-0.25, -0.2) is 4.79 Å². The molecule has 0 saturated carbocycles. The highest BCUT2D eigenvalue weighted by Crippen LogP contribution is 2.51. The van der Waals surface area contributed by atoms with E-state index in [4.69, 9.17) is 9.47 Å². The summed E-state index contributed by atoms with van der Waals surface area (Å²) < 4.78 is 53.8. The predicted molar refractivity (Wildman–Crippen MR) is 113 cm³/mol. The largest absolute Gasteiger partial charge is 0.493 e. The van der Waals surface area contributed by atoms with E-state index < -0.39 is 35.7 Å². The molecule has 178 valence electrons. The first-order chi connectivity index (χ1) is 15.5. The minimum Gasteiger partial charge on any atom is -0.493 e. The summed E-state index contributed by atoms with van der Waals surface area (Å²) in [7, 11) is 3.48. The van der Waals surface area contributed by atoms with Gasteiger partial charge in [-0.05, 0) is 24.6 Å². The molecule has 1 aliphatic heterocycles. The number of amides is 2. The highest BCUT2D eigenvalue weighted by Gasteiger charge is 2.70. The molecule has 3 unspecified atom stereocenters. The summed E-state index contributed by atoms with van der Waals surface area (Å²) in [6.07, 6.45) is -5.32. The van der Waals surface area contributed by atoms with Crippen LogP contribution in [0.4, 0.5) is 18.0 Å². The van der Waals surface area contributed by atoms with Gasteiger partial charge >= 0.3 is 12.2 Å². The molecule has 1 fully saturated rings. The Bertz CT molecular complexity index is 1030. The monoisotopic (exact) mass is 466 g/mol. The second kappa shape index (κ2) is 8.93. The predicted octanol–water partition coefficient (Wildman–Crippen LogP) is 3.88. The number of urea groups is 1. The van der Waals surface area contributed by atoms with Crippen molar-refractivity contribution in [3.63, 3.8) is 0 Å². The van der Waals surface area contributed by atoms with Crippen molar-refractivity contribution in [1.29, 1.82) is 0 Å². The number of benzene rings is 2. The van der Waals surface area contributed by atoms with Crippen LogP contribution in [0.15, 0.2) is 48.5 Å². The van der Waals surface area contributed by atoms with E-state index in [1.165, 1.54) is 56.6 Å². The summed E-state index contributed by atoms with van der Waals surface area (Å²) in [4.78, 5) is 27.5. The Hall–Kier alpha value is -3.27. The zero-order valence-electron chi connectivity index (χ0n) is 18.6. The van der Waals surface area contributed by atoms with Crippen LogP contribution in [0.3, 0.4) is 0 Å². The molecule has 1 N–H and O–H groups in total. The average molecular weight is 466 g/mol. The number of aliphatic hydroxyl groups is 1. The topological polar surface area (TPSA) is 79.3 Å². The van der Waals surface area contributed by atoms with Crippen LogP contribution in [0, 0.1) is 5.92 Å². The molecule has 3 atom stereocenters. The molecule has 0 aromatic heterocycles. The first-order valence-corrected chi connectivity index (χ1v) is 10.2. The van der Waals surface area contributed by atoms with Gasteiger partial charge in [0.15, 0.2) is 17.3 Å². The molecule has 10 heteroatoms. The second-order valence-electron chi connectivity index (χ2n) is 7.67. The van der Waals surface area contributed by atoms with Gasteiger partial charge in [-0.3, -0.25) is 9.69 Å². The minimum atomic E-state index is -5.32. The van der Waals surface area contributed by atoms with E-state index in [9.17, 15) is 27.9 Å². The van der Waals surface area contributed by atoms with Gasteiger partial charge in [-0.1, -0.05) is 36.4 Å². The molecule has 2 amide bonds. The van der Waals surface area contributed by atoms with Gasteiger partial charge < -0.3 is 19.5 Å². The third-order valence-corrected chi connectivity index (χ3v) is 5.85. The third-order valence-electron chi connectivity index (χ3n) is 5.85. The fourth-order valence-electron chi connectivity index (χ4n) is 4.19. The SMILES string of the molecule is CCOc1ccc(C2C(C(=O)c3ccccc3)C(O)(C(F)(F)F)N(C)C(=O)N2C)cc1OC. The van der Waals surface area contributed by atoms with Crippen LogP contribution in [0.2, 0.25) is 0 Å². The number of hydrogen-bond donors (Lipinski definition) is 1. The van der Waals surface area contributed by atoms with Gasteiger partial charge in [-0.15, -0.1) is 0 Å². The third kappa shape index (κ3) is 3.99. The van der Waals surface area contributed by atoms with Crippen LogP contribution in [0.25, 0.3) is 0 Å². The van der Waals surface area contributed by atoms with Gasteiger partial charge in [0.25, 0.3) is 5.72 Å². The second-order valence-corrected chi connectivity index (χ2v) is 7.67. The van der Waals surface area contributed by atoms with Crippen molar-refractivity contribution in [2.75, 3.05) is 27.8 Å². The summed E-state index contributed by atoms with van der Waals surface area (Å²) in [6, 6.07) is 9.18. The highest BCUT2D eigenvalue weighted by molar-refractivity contribution is 6.00. The highest BCUT2D eigenvalue weighted by atomic mass is 19.4. The van der Waals surface area contributed by atoms with Crippen molar-refractivity contribution in [2.45, 2.75) is 24.9 Å². The van der Waals surface area contributed by atoms with E-state index in [1.54, 1.807) is 13.0 Å². The Morgan fingerprint density at radius 3 is 2.30 bits per heavy atom. The average Bonchev–Trinajstić information content (AvgIpc) is 2.79. The number of carbonyl (C=O) groups is 2. The summed E-state index contributed by atoms with van der Waals surface area (Å²) in [5.41, 5.74) is -3.60.